The predicted octanol–water partition coefficient (Wildman–Crippen LogP) is 3.79. The van der Waals surface area contributed by atoms with Crippen LogP contribution in [0.25, 0.3) is 5.69 Å². The molecule has 128 valence electrons. The van der Waals surface area contributed by atoms with Crippen molar-refractivity contribution in [2.45, 2.75) is 12.3 Å². The van der Waals surface area contributed by atoms with Gasteiger partial charge in [-0.2, -0.15) is 4.98 Å². The van der Waals surface area contributed by atoms with E-state index in [2.05, 4.69) is 15.4 Å². The molecule has 1 atom stereocenters. The molecule has 0 spiro atoms. The minimum absolute atomic E-state index is 0.0887. The van der Waals surface area contributed by atoms with Crippen LogP contribution in [-0.4, -0.2) is 28.0 Å². The average Bonchev–Trinajstić information content (AvgIpc) is 3.27. The first-order valence-electron chi connectivity index (χ1n) is 8.01. The van der Waals surface area contributed by atoms with Crippen LogP contribution in [-0.2, 0) is 4.74 Å². The second kappa shape index (κ2) is 6.60. The number of hydrogen-bond acceptors (Lipinski definition) is 4. The van der Waals surface area contributed by atoms with Crippen LogP contribution in [0.3, 0.4) is 0 Å². The largest absolute Gasteiger partial charge is 0.381 e. The molecule has 0 saturated carbocycles. The van der Waals surface area contributed by atoms with Crippen molar-refractivity contribution in [3.05, 3.63) is 66.0 Å². The Balaban J connectivity index is 1.56. The normalized spacial score (nSPS) is 17.0. The van der Waals surface area contributed by atoms with Crippen LogP contribution < -0.4 is 5.32 Å². The van der Waals surface area contributed by atoms with Crippen molar-refractivity contribution in [3.63, 3.8) is 0 Å². The maximum atomic E-state index is 14.4. The molecule has 0 amide bonds. The standard InChI is InChI=1S/C18H16F2N4O/c19-15-8-13(9-16(20)17(15)12-6-7-25-10-12)22-18-21-11-24(23-18)14-4-2-1-3-5-14/h1-5,8-9,11-12H,6-7,10H2,(H,22,23). The van der Waals surface area contributed by atoms with Gasteiger partial charge in [0, 0.05) is 23.8 Å². The summed E-state index contributed by atoms with van der Waals surface area (Å²) in [5, 5.41) is 7.10. The quantitative estimate of drug-likeness (QED) is 0.784. The van der Waals surface area contributed by atoms with Gasteiger partial charge in [0.1, 0.15) is 18.0 Å². The summed E-state index contributed by atoms with van der Waals surface area (Å²) in [6.07, 6.45) is 2.16. The summed E-state index contributed by atoms with van der Waals surface area (Å²) in [6, 6.07) is 12.0. The molecule has 0 bridgehead atoms. The zero-order valence-corrected chi connectivity index (χ0v) is 13.3. The van der Waals surface area contributed by atoms with Crippen molar-refractivity contribution in [2.24, 2.45) is 0 Å². The average molecular weight is 342 g/mol. The first kappa shape index (κ1) is 15.7. The number of aromatic nitrogens is 3. The summed E-state index contributed by atoms with van der Waals surface area (Å²) < 4.78 is 35.5. The molecule has 1 aliphatic heterocycles. The van der Waals surface area contributed by atoms with Crippen molar-refractivity contribution in [1.82, 2.24) is 14.8 Å². The van der Waals surface area contributed by atoms with E-state index >= 15 is 0 Å². The van der Waals surface area contributed by atoms with Crippen LogP contribution in [0.1, 0.15) is 17.9 Å². The maximum absolute atomic E-state index is 14.4. The van der Waals surface area contributed by atoms with Crippen molar-refractivity contribution in [1.29, 1.82) is 0 Å². The lowest BCUT2D eigenvalue weighted by atomic mass is 9.97. The number of halogens is 2. The Morgan fingerprint density at radius 1 is 1.12 bits per heavy atom. The Morgan fingerprint density at radius 2 is 1.88 bits per heavy atom. The molecule has 1 aromatic heterocycles. The number of hydrogen-bond donors (Lipinski definition) is 1. The van der Waals surface area contributed by atoms with Crippen LogP contribution >= 0.6 is 0 Å². The third-order valence-electron chi connectivity index (χ3n) is 4.19. The van der Waals surface area contributed by atoms with E-state index in [1.54, 1.807) is 4.68 Å². The fraction of sp³-hybridized carbons (Fsp3) is 0.222. The summed E-state index contributed by atoms with van der Waals surface area (Å²) in [5.74, 6) is -1.13. The summed E-state index contributed by atoms with van der Waals surface area (Å²) in [5.41, 5.74) is 1.20. The van der Waals surface area contributed by atoms with Crippen LogP contribution in [0.4, 0.5) is 20.4 Å². The lowest BCUT2D eigenvalue weighted by molar-refractivity contribution is 0.193. The highest BCUT2D eigenvalue weighted by Gasteiger charge is 2.25. The van der Waals surface area contributed by atoms with Gasteiger partial charge in [-0.25, -0.2) is 13.5 Å². The van der Waals surface area contributed by atoms with E-state index in [0.29, 0.717) is 19.6 Å². The fourth-order valence-electron chi connectivity index (χ4n) is 2.96. The van der Waals surface area contributed by atoms with Gasteiger partial charge in [0.05, 0.1) is 12.3 Å². The molecule has 1 unspecified atom stereocenters. The Labute approximate surface area is 143 Å². The molecule has 0 radical (unpaired) electrons. The summed E-state index contributed by atoms with van der Waals surface area (Å²) in [4.78, 5) is 4.12. The fourth-order valence-corrected chi connectivity index (χ4v) is 2.96. The zero-order chi connectivity index (χ0) is 17.2. The number of nitrogens with one attached hydrogen (secondary N) is 1. The van der Waals surface area contributed by atoms with Crippen LogP contribution in [0.2, 0.25) is 0 Å². The monoisotopic (exact) mass is 342 g/mol. The first-order chi connectivity index (χ1) is 12.2. The van der Waals surface area contributed by atoms with E-state index in [9.17, 15) is 8.78 Å². The Morgan fingerprint density at radius 3 is 2.56 bits per heavy atom. The number of benzene rings is 2. The predicted molar refractivity (Wildman–Crippen MR) is 89.2 cm³/mol. The van der Waals surface area contributed by atoms with E-state index in [-0.39, 0.29) is 23.1 Å². The van der Waals surface area contributed by atoms with Crippen molar-refractivity contribution < 1.29 is 13.5 Å². The zero-order valence-electron chi connectivity index (χ0n) is 13.3. The van der Waals surface area contributed by atoms with E-state index in [1.807, 2.05) is 30.3 Å². The van der Waals surface area contributed by atoms with Gasteiger partial charge < -0.3 is 10.1 Å². The van der Waals surface area contributed by atoms with Crippen molar-refractivity contribution in [2.75, 3.05) is 18.5 Å². The Kier molecular flexibility index (Phi) is 4.15. The van der Waals surface area contributed by atoms with Gasteiger partial charge in [0.25, 0.3) is 0 Å². The molecular weight excluding hydrogens is 326 g/mol. The van der Waals surface area contributed by atoms with E-state index in [0.717, 1.165) is 5.69 Å². The molecule has 4 rings (SSSR count). The smallest absolute Gasteiger partial charge is 0.246 e. The van der Waals surface area contributed by atoms with Crippen LogP contribution in [0.5, 0.6) is 0 Å². The highest BCUT2D eigenvalue weighted by Crippen LogP contribution is 2.31. The van der Waals surface area contributed by atoms with Crippen LogP contribution in [0.15, 0.2) is 48.8 Å². The van der Waals surface area contributed by atoms with E-state index in [4.69, 9.17) is 4.74 Å². The van der Waals surface area contributed by atoms with E-state index in [1.165, 1.54) is 18.5 Å². The summed E-state index contributed by atoms with van der Waals surface area (Å²) in [6.45, 7) is 0.883. The number of ether oxygens (including phenoxy) is 1. The van der Waals surface area contributed by atoms with Gasteiger partial charge in [-0.3, -0.25) is 0 Å². The second-order valence-electron chi connectivity index (χ2n) is 5.89. The summed E-state index contributed by atoms with van der Waals surface area (Å²) in [7, 11) is 0. The van der Waals surface area contributed by atoms with Gasteiger partial charge in [-0.1, -0.05) is 18.2 Å². The molecule has 1 saturated heterocycles. The third kappa shape index (κ3) is 3.23. The molecule has 3 aromatic rings. The minimum atomic E-state index is -0.583. The lowest BCUT2D eigenvalue weighted by Gasteiger charge is -2.12. The first-order valence-corrected chi connectivity index (χ1v) is 8.01. The lowest BCUT2D eigenvalue weighted by Crippen LogP contribution is -2.06. The third-order valence-corrected chi connectivity index (χ3v) is 4.19. The van der Waals surface area contributed by atoms with Crippen molar-refractivity contribution in [3.8, 4) is 5.69 Å². The molecule has 1 fully saturated rings. The highest BCUT2D eigenvalue weighted by atomic mass is 19.1. The topological polar surface area (TPSA) is 52.0 Å². The molecule has 2 heterocycles. The molecule has 5 nitrogen and oxygen atoms in total. The van der Waals surface area contributed by atoms with Gasteiger partial charge in [-0.05, 0) is 30.7 Å². The van der Waals surface area contributed by atoms with Gasteiger partial charge in [0.2, 0.25) is 5.95 Å². The molecule has 2 aromatic carbocycles. The van der Waals surface area contributed by atoms with Crippen molar-refractivity contribution >= 4 is 11.6 Å². The maximum Gasteiger partial charge on any atom is 0.246 e. The second-order valence-corrected chi connectivity index (χ2v) is 5.89. The van der Waals surface area contributed by atoms with Gasteiger partial charge in [0.15, 0.2) is 0 Å². The minimum Gasteiger partial charge on any atom is -0.381 e. The van der Waals surface area contributed by atoms with Gasteiger partial charge in [-0.15, -0.1) is 5.10 Å². The number of rotatable bonds is 4. The Hall–Kier alpha value is -2.80. The number of nitrogens with zero attached hydrogens (tertiary/aromatic N) is 3. The van der Waals surface area contributed by atoms with Crippen LogP contribution in [0, 0.1) is 11.6 Å². The molecular formula is C18H16F2N4O. The number of anilines is 2. The molecule has 25 heavy (non-hydrogen) atoms. The highest BCUT2D eigenvalue weighted by molar-refractivity contribution is 5.54. The summed E-state index contributed by atoms with van der Waals surface area (Å²) >= 11 is 0. The molecule has 1 N–H and O–H groups in total. The SMILES string of the molecule is Fc1cc(Nc2ncn(-c3ccccc3)n2)cc(F)c1C1CCOC1. The molecule has 7 heteroatoms. The molecule has 0 aliphatic carbocycles. The van der Waals surface area contributed by atoms with E-state index < -0.39 is 11.6 Å². The molecule has 1 aliphatic rings. The number of para-hydroxylation sites is 1. The van der Waals surface area contributed by atoms with Gasteiger partial charge >= 0.3 is 0 Å². The Bertz CT molecular complexity index is 853.